The highest BCUT2D eigenvalue weighted by molar-refractivity contribution is 7.89. The molecule has 2 fully saturated rings. The van der Waals surface area contributed by atoms with E-state index in [0.717, 1.165) is 11.1 Å². The Labute approximate surface area is 256 Å². The van der Waals surface area contributed by atoms with Crippen LogP contribution in [0.1, 0.15) is 25.5 Å². The largest absolute Gasteiger partial charge is 0.491 e. The summed E-state index contributed by atoms with van der Waals surface area (Å²) < 4.78 is 52.1. The predicted molar refractivity (Wildman–Crippen MR) is 164 cm³/mol. The molecule has 1 saturated carbocycles. The van der Waals surface area contributed by atoms with Crippen molar-refractivity contribution in [3.8, 4) is 16.9 Å². The molecule has 0 aromatic carbocycles. The van der Waals surface area contributed by atoms with Crippen LogP contribution in [-0.4, -0.2) is 98.2 Å². The zero-order valence-electron chi connectivity index (χ0n) is 25.1. The van der Waals surface area contributed by atoms with Gasteiger partial charge >= 0.3 is 0 Å². The Morgan fingerprint density at radius 1 is 1.16 bits per heavy atom. The van der Waals surface area contributed by atoms with Crippen molar-refractivity contribution >= 4 is 21.0 Å². The Bertz CT molecular complexity index is 1650. The molecule has 0 amide bonds. The minimum absolute atomic E-state index is 0.0672. The molecule has 3 aromatic rings. The summed E-state index contributed by atoms with van der Waals surface area (Å²) in [5.74, 6) is 1.76. The lowest BCUT2D eigenvalue weighted by Crippen LogP contribution is -2.53. The summed E-state index contributed by atoms with van der Waals surface area (Å²) in [5, 5.41) is 3.86. The molecule has 1 unspecified atom stereocenters. The Kier molecular flexibility index (Phi) is 10.6. The predicted octanol–water partition coefficient (Wildman–Crippen LogP) is 3.16. The number of aromatic nitrogens is 2. The molecule has 1 saturated heterocycles. The van der Waals surface area contributed by atoms with Gasteiger partial charge in [0.05, 0.1) is 56.9 Å². The zero-order valence-corrected chi connectivity index (χ0v) is 25.9. The molecule has 3 aromatic heterocycles. The van der Waals surface area contributed by atoms with E-state index in [1.807, 2.05) is 13.0 Å². The molecule has 0 N–H and O–H groups in total. The second-order valence-corrected chi connectivity index (χ2v) is 13.3. The van der Waals surface area contributed by atoms with Gasteiger partial charge in [0.15, 0.2) is 0 Å². The summed E-state index contributed by atoms with van der Waals surface area (Å²) in [6, 6.07) is 3.60. The van der Waals surface area contributed by atoms with Gasteiger partial charge in [-0.05, 0) is 43.3 Å². The number of rotatable bonds is 16. The molecular weight excluding hydrogens is 590 g/mol. The fourth-order valence-electron chi connectivity index (χ4n) is 5.20. The van der Waals surface area contributed by atoms with Crippen LogP contribution < -0.4 is 10.3 Å². The lowest BCUT2D eigenvalue weighted by atomic mass is 10.1. The number of fused-ring (bicyclic) bond motifs is 1. The van der Waals surface area contributed by atoms with Crippen molar-refractivity contribution in [3.05, 3.63) is 57.3 Å². The van der Waals surface area contributed by atoms with Gasteiger partial charge in [-0.15, -0.1) is 0 Å². The monoisotopic (exact) mass is 629 g/mol. The molecule has 238 valence electrons. The van der Waals surface area contributed by atoms with E-state index in [2.05, 4.69) is 19.9 Å². The van der Waals surface area contributed by atoms with Gasteiger partial charge in [-0.1, -0.05) is 5.11 Å². The summed E-state index contributed by atoms with van der Waals surface area (Å²) in [7, 11) is -1.77. The molecule has 15 heteroatoms. The summed E-state index contributed by atoms with van der Waals surface area (Å²) in [5.41, 5.74) is 10.2. The van der Waals surface area contributed by atoms with E-state index in [0.29, 0.717) is 74.4 Å². The van der Waals surface area contributed by atoms with Crippen LogP contribution in [-0.2, 0) is 33.1 Å². The van der Waals surface area contributed by atoms with Crippen LogP contribution in [0.2, 0.25) is 0 Å². The van der Waals surface area contributed by atoms with Gasteiger partial charge in [-0.2, -0.15) is 4.31 Å². The summed E-state index contributed by atoms with van der Waals surface area (Å²) in [6.45, 7) is 5.43. The van der Waals surface area contributed by atoms with E-state index in [1.54, 1.807) is 36.3 Å². The fourth-order valence-corrected chi connectivity index (χ4v) is 6.59. The maximum Gasteiger partial charge on any atom is 0.261 e. The number of hydrogen-bond acceptors (Lipinski definition) is 10. The summed E-state index contributed by atoms with van der Waals surface area (Å²) in [6.07, 6.45) is 7.52. The van der Waals surface area contributed by atoms with E-state index >= 15 is 0 Å². The molecule has 44 heavy (non-hydrogen) atoms. The summed E-state index contributed by atoms with van der Waals surface area (Å²) in [4.78, 5) is 22.1. The topological polar surface area (TPSA) is 165 Å². The van der Waals surface area contributed by atoms with Crippen molar-refractivity contribution in [1.82, 2.24) is 18.8 Å². The lowest BCUT2D eigenvalue weighted by Gasteiger charge is -2.38. The van der Waals surface area contributed by atoms with Crippen LogP contribution in [0.15, 0.2) is 45.0 Å². The van der Waals surface area contributed by atoms with Crippen molar-refractivity contribution in [2.45, 2.75) is 32.4 Å². The first-order valence-corrected chi connectivity index (χ1v) is 16.4. The Morgan fingerprint density at radius 3 is 2.70 bits per heavy atom. The second-order valence-electron chi connectivity index (χ2n) is 11.2. The first kappa shape index (κ1) is 31.9. The van der Waals surface area contributed by atoms with Gasteiger partial charge in [0, 0.05) is 67.7 Å². The van der Waals surface area contributed by atoms with Gasteiger partial charge in [0.25, 0.3) is 5.56 Å². The molecular formula is C29H39N7O7S. The van der Waals surface area contributed by atoms with Gasteiger partial charge in [0.1, 0.15) is 17.1 Å². The van der Waals surface area contributed by atoms with Crippen molar-refractivity contribution < 1.29 is 27.0 Å². The lowest BCUT2D eigenvalue weighted by molar-refractivity contribution is 0.0561. The highest BCUT2D eigenvalue weighted by Crippen LogP contribution is 2.37. The fraction of sp³-hybridized carbons (Fsp3) is 0.586. The molecule has 1 aliphatic carbocycles. The van der Waals surface area contributed by atoms with E-state index in [-0.39, 0.29) is 37.1 Å². The SMILES string of the molecule is CC1CN(S(=O)(=O)CCOCCOCCN=[N+]=[N-])CCN1Cc1cc2c(=O)n(C)cc(-c3ccncc3OCC3CC3)c2o1. The molecule has 0 bridgehead atoms. The van der Waals surface area contributed by atoms with Crippen LogP contribution in [0.4, 0.5) is 0 Å². The smallest absolute Gasteiger partial charge is 0.261 e. The van der Waals surface area contributed by atoms with Crippen molar-refractivity contribution in [2.75, 3.05) is 65.0 Å². The molecule has 5 rings (SSSR count). The third-order valence-electron chi connectivity index (χ3n) is 7.88. The van der Waals surface area contributed by atoms with Gasteiger partial charge < -0.3 is 23.2 Å². The van der Waals surface area contributed by atoms with Crippen LogP contribution in [0.25, 0.3) is 32.5 Å². The molecule has 4 heterocycles. The van der Waals surface area contributed by atoms with Crippen LogP contribution in [0.5, 0.6) is 5.75 Å². The first-order chi connectivity index (χ1) is 21.3. The normalized spacial score (nSPS) is 18.0. The average Bonchev–Trinajstić information content (AvgIpc) is 3.75. The number of hydrogen-bond donors (Lipinski definition) is 0. The zero-order chi connectivity index (χ0) is 31.1. The van der Waals surface area contributed by atoms with Gasteiger partial charge in [-0.3, -0.25) is 14.7 Å². The van der Waals surface area contributed by atoms with Gasteiger partial charge in [-0.25, -0.2) is 8.42 Å². The quantitative estimate of drug-likeness (QED) is 0.100. The first-order valence-electron chi connectivity index (χ1n) is 14.8. The van der Waals surface area contributed by atoms with Crippen molar-refractivity contribution in [3.63, 3.8) is 0 Å². The molecule has 0 radical (unpaired) electrons. The minimum Gasteiger partial charge on any atom is -0.491 e. The van der Waals surface area contributed by atoms with Crippen LogP contribution in [0, 0.1) is 5.92 Å². The van der Waals surface area contributed by atoms with E-state index in [1.165, 1.54) is 17.1 Å². The minimum atomic E-state index is -3.49. The van der Waals surface area contributed by atoms with E-state index < -0.39 is 10.0 Å². The summed E-state index contributed by atoms with van der Waals surface area (Å²) >= 11 is 0. The van der Waals surface area contributed by atoms with E-state index in [4.69, 9.17) is 24.2 Å². The third kappa shape index (κ3) is 7.97. The number of sulfonamides is 1. The molecule has 1 atom stereocenters. The van der Waals surface area contributed by atoms with Crippen LogP contribution in [0.3, 0.4) is 0 Å². The van der Waals surface area contributed by atoms with Crippen molar-refractivity contribution in [1.29, 1.82) is 0 Å². The number of furan rings is 1. The molecule has 1 aliphatic heterocycles. The highest BCUT2D eigenvalue weighted by atomic mass is 32.2. The number of aryl methyl sites for hydroxylation is 1. The third-order valence-corrected chi connectivity index (χ3v) is 9.69. The van der Waals surface area contributed by atoms with Gasteiger partial charge in [0.2, 0.25) is 10.0 Å². The number of piperazine rings is 1. The standard InChI is InChI=1S/C29H39N7O7S/c1-21-17-36(44(38,39)14-13-41-12-11-40-10-7-32-33-30)9-8-35(21)18-23-15-25-28(43-23)26(19-34(2)29(25)37)24-5-6-31-16-27(24)42-20-22-3-4-22/h5-6,15-16,19,21-22H,3-4,7-14,17-18,20H2,1-2H3. The van der Waals surface area contributed by atoms with E-state index in [9.17, 15) is 13.2 Å². The highest BCUT2D eigenvalue weighted by Gasteiger charge is 2.32. The number of nitrogens with zero attached hydrogens (tertiary/aromatic N) is 7. The number of ether oxygens (including phenoxy) is 3. The molecule has 14 nitrogen and oxygen atoms in total. The number of azide groups is 1. The Morgan fingerprint density at radius 2 is 1.95 bits per heavy atom. The maximum absolute atomic E-state index is 13.1. The molecule has 0 spiro atoms. The van der Waals surface area contributed by atoms with Crippen LogP contribution >= 0.6 is 0 Å². The molecule has 2 aliphatic rings. The average molecular weight is 630 g/mol. The van der Waals surface area contributed by atoms with Crippen molar-refractivity contribution in [2.24, 2.45) is 18.1 Å². The Hall–Kier alpha value is -3.46. The maximum atomic E-state index is 13.1. The second kappa shape index (κ2) is 14.5. The Balaban J connectivity index is 1.20. The number of pyridine rings is 2.